The molecule has 1 aliphatic heterocycles. The Bertz CT molecular complexity index is 511. The Morgan fingerprint density at radius 2 is 2.25 bits per heavy atom. The highest BCUT2D eigenvalue weighted by Crippen LogP contribution is 2.34. The summed E-state index contributed by atoms with van der Waals surface area (Å²) in [6.07, 6.45) is 0.972. The van der Waals surface area contributed by atoms with Crippen molar-refractivity contribution in [2.24, 2.45) is 11.7 Å². The Morgan fingerprint density at radius 1 is 1.55 bits per heavy atom. The molecule has 0 bridgehead atoms. The molecule has 20 heavy (non-hydrogen) atoms. The Morgan fingerprint density at radius 3 is 2.80 bits per heavy atom. The first-order valence-electron chi connectivity index (χ1n) is 6.69. The van der Waals surface area contributed by atoms with Crippen LogP contribution in [0.5, 0.6) is 0 Å². The predicted octanol–water partition coefficient (Wildman–Crippen LogP) is 1.83. The summed E-state index contributed by atoms with van der Waals surface area (Å²) in [5, 5.41) is 10.7. The third kappa shape index (κ3) is 2.82. The summed E-state index contributed by atoms with van der Waals surface area (Å²) in [5.74, 6) is 0.369. The number of carbonyl (C=O) groups is 1. The minimum absolute atomic E-state index is 0.0180. The zero-order chi connectivity index (χ0) is 14.9. The van der Waals surface area contributed by atoms with E-state index in [0.717, 1.165) is 0 Å². The van der Waals surface area contributed by atoms with Crippen LogP contribution >= 0.6 is 0 Å². The predicted molar refractivity (Wildman–Crippen MR) is 71.9 cm³/mol. The van der Waals surface area contributed by atoms with E-state index in [0.29, 0.717) is 25.1 Å². The van der Waals surface area contributed by atoms with Crippen LogP contribution in [0, 0.1) is 16.0 Å². The van der Waals surface area contributed by atoms with E-state index < -0.39 is 11.0 Å². The fourth-order valence-corrected chi connectivity index (χ4v) is 2.55. The van der Waals surface area contributed by atoms with Gasteiger partial charge >= 0.3 is 5.88 Å². The maximum absolute atomic E-state index is 12.1. The van der Waals surface area contributed by atoms with Crippen molar-refractivity contribution in [1.82, 2.24) is 4.90 Å². The quantitative estimate of drug-likeness (QED) is 0.670. The van der Waals surface area contributed by atoms with Crippen molar-refractivity contribution in [2.45, 2.75) is 38.8 Å². The average Bonchev–Trinajstić information content (AvgIpc) is 2.83. The molecule has 0 radical (unpaired) electrons. The van der Waals surface area contributed by atoms with Gasteiger partial charge in [-0.3, -0.25) is 14.9 Å². The SMILES string of the molecule is CC(C)CN1C(=O)CCC(N)C1c1ccc([N+](=O)[O-])o1. The second kappa shape index (κ2) is 5.62. The van der Waals surface area contributed by atoms with Crippen molar-refractivity contribution in [1.29, 1.82) is 0 Å². The van der Waals surface area contributed by atoms with Gasteiger partial charge in [0.15, 0.2) is 0 Å². The molecule has 0 aromatic carbocycles. The van der Waals surface area contributed by atoms with Gasteiger partial charge in [0.05, 0.1) is 6.07 Å². The van der Waals surface area contributed by atoms with Gasteiger partial charge in [0.1, 0.15) is 16.7 Å². The molecule has 110 valence electrons. The van der Waals surface area contributed by atoms with Gasteiger partial charge in [0, 0.05) is 19.0 Å². The van der Waals surface area contributed by atoms with Crippen molar-refractivity contribution in [3.63, 3.8) is 0 Å². The highest BCUT2D eigenvalue weighted by Gasteiger charge is 2.37. The molecule has 0 saturated carbocycles. The number of piperidine rings is 1. The number of nitrogens with zero attached hydrogens (tertiary/aromatic N) is 2. The molecule has 2 rings (SSSR count). The van der Waals surface area contributed by atoms with Crippen LogP contribution in [0.2, 0.25) is 0 Å². The van der Waals surface area contributed by atoms with Crippen LogP contribution in [0.15, 0.2) is 16.5 Å². The molecule has 7 nitrogen and oxygen atoms in total. The van der Waals surface area contributed by atoms with Gasteiger partial charge in [0.2, 0.25) is 5.91 Å². The number of hydrogen-bond donors (Lipinski definition) is 1. The first kappa shape index (κ1) is 14.5. The monoisotopic (exact) mass is 281 g/mol. The van der Waals surface area contributed by atoms with Gasteiger partial charge in [0.25, 0.3) is 0 Å². The van der Waals surface area contributed by atoms with E-state index in [1.54, 1.807) is 4.90 Å². The molecule has 1 fully saturated rings. The van der Waals surface area contributed by atoms with E-state index in [4.69, 9.17) is 10.2 Å². The van der Waals surface area contributed by atoms with Crippen molar-refractivity contribution in [3.05, 3.63) is 28.0 Å². The van der Waals surface area contributed by atoms with E-state index in [1.807, 2.05) is 13.8 Å². The molecule has 2 N–H and O–H groups in total. The van der Waals surface area contributed by atoms with Crippen LogP contribution in [-0.2, 0) is 4.79 Å². The Hall–Kier alpha value is -1.89. The lowest BCUT2D eigenvalue weighted by molar-refractivity contribution is -0.402. The van der Waals surface area contributed by atoms with Crippen LogP contribution in [0.1, 0.15) is 38.5 Å². The number of carbonyl (C=O) groups excluding carboxylic acids is 1. The summed E-state index contributed by atoms with van der Waals surface area (Å²) >= 11 is 0. The highest BCUT2D eigenvalue weighted by molar-refractivity contribution is 5.77. The molecular formula is C13H19N3O4. The normalized spacial score (nSPS) is 23.4. The zero-order valence-electron chi connectivity index (χ0n) is 11.6. The van der Waals surface area contributed by atoms with E-state index >= 15 is 0 Å². The molecule has 1 saturated heterocycles. The largest absolute Gasteiger partial charge is 0.433 e. The lowest BCUT2D eigenvalue weighted by Gasteiger charge is -2.39. The molecule has 0 aliphatic carbocycles. The maximum Gasteiger partial charge on any atom is 0.433 e. The van der Waals surface area contributed by atoms with Crippen LogP contribution in [-0.4, -0.2) is 28.3 Å². The number of amides is 1. The molecule has 2 atom stereocenters. The number of furan rings is 1. The van der Waals surface area contributed by atoms with Crippen LogP contribution in [0.3, 0.4) is 0 Å². The Labute approximate surface area is 116 Å². The summed E-state index contributed by atoms with van der Waals surface area (Å²) in [5.41, 5.74) is 6.10. The molecule has 1 aromatic heterocycles. The summed E-state index contributed by atoms with van der Waals surface area (Å²) in [6, 6.07) is 2.15. The third-order valence-corrected chi connectivity index (χ3v) is 3.40. The summed E-state index contributed by atoms with van der Waals surface area (Å²) in [4.78, 5) is 23.9. The van der Waals surface area contributed by atoms with E-state index in [-0.39, 0.29) is 23.8 Å². The smallest absolute Gasteiger partial charge is 0.404 e. The molecular weight excluding hydrogens is 262 g/mol. The van der Waals surface area contributed by atoms with Gasteiger partial charge in [-0.2, -0.15) is 0 Å². The topological polar surface area (TPSA) is 103 Å². The lowest BCUT2D eigenvalue weighted by atomic mass is 9.93. The standard InChI is InChI=1S/C13H19N3O4/c1-8(2)7-15-11(17)5-3-9(14)13(15)10-4-6-12(20-10)16(18)19/h4,6,8-9,13H,3,5,7,14H2,1-2H3. The van der Waals surface area contributed by atoms with Gasteiger partial charge in [-0.15, -0.1) is 0 Å². The van der Waals surface area contributed by atoms with Gasteiger partial charge < -0.3 is 15.1 Å². The van der Waals surface area contributed by atoms with Crippen molar-refractivity contribution < 1.29 is 14.1 Å². The first-order chi connectivity index (χ1) is 9.40. The fraction of sp³-hybridized carbons (Fsp3) is 0.615. The Kier molecular flexibility index (Phi) is 4.08. The number of nitro groups is 1. The minimum Gasteiger partial charge on any atom is -0.404 e. The first-order valence-corrected chi connectivity index (χ1v) is 6.69. The molecule has 7 heteroatoms. The second-order valence-corrected chi connectivity index (χ2v) is 5.52. The molecule has 2 heterocycles. The van der Waals surface area contributed by atoms with Crippen LogP contribution in [0.4, 0.5) is 5.88 Å². The molecule has 1 aliphatic rings. The number of hydrogen-bond acceptors (Lipinski definition) is 5. The van der Waals surface area contributed by atoms with Crippen molar-refractivity contribution in [2.75, 3.05) is 6.54 Å². The highest BCUT2D eigenvalue weighted by atomic mass is 16.6. The maximum atomic E-state index is 12.1. The van der Waals surface area contributed by atoms with Crippen LogP contribution < -0.4 is 5.73 Å². The minimum atomic E-state index is -0.591. The second-order valence-electron chi connectivity index (χ2n) is 5.52. The number of likely N-dealkylation sites (tertiary alicyclic amines) is 1. The van der Waals surface area contributed by atoms with Crippen molar-refractivity contribution >= 4 is 11.8 Å². The van der Waals surface area contributed by atoms with E-state index in [1.165, 1.54) is 12.1 Å². The third-order valence-electron chi connectivity index (χ3n) is 3.40. The number of rotatable bonds is 4. The van der Waals surface area contributed by atoms with Gasteiger partial charge in [-0.25, -0.2) is 0 Å². The summed E-state index contributed by atoms with van der Waals surface area (Å²) in [7, 11) is 0. The molecule has 1 amide bonds. The molecule has 1 aromatic rings. The Balaban J connectivity index is 2.31. The van der Waals surface area contributed by atoms with Crippen LogP contribution in [0.25, 0.3) is 0 Å². The zero-order valence-corrected chi connectivity index (χ0v) is 11.6. The summed E-state index contributed by atoms with van der Waals surface area (Å²) < 4.78 is 5.24. The van der Waals surface area contributed by atoms with E-state index in [2.05, 4.69) is 0 Å². The molecule has 2 unspecified atom stereocenters. The average molecular weight is 281 g/mol. The lowest BCUT2D eigenvalue weighted by Crippen LogP contribution is -2.49. The van der Waals surface area contributed by atoms with E-state index in [9.17, 15) is 14.9 Å². The van der Waals surface area contributed by atoms with Gasteiger partial charge in [-0.05, 0) is 18.4 Å². The fourth-order valence-electron chi connectivity index (χ4n) is 2.55. The number of nitrogens with two attached hydrogens (primary N) is 1. The molecule has 0 spiro atoms. The summed E-state index contributed by atoms with van der Waals surface area (Å²) in [6.45, 7) is 4.58. The van der Waals surface area contributed by atoms with Gasteiger partial charge in [-0.1, -0.05) is 13.8 Å². The van der Waals surface area contributed by atoms with Crippen molar-refractivity contribution in [3.8, 4) is 0 Å².